The van der Waals surface area contributed by atoms with Crippen molar-refractivity contribution in [3.63, 3.8) is 0 Å². The van der Waals surface area contributed by atoms with Gasteiger partial charge < -0.3 is 9.15 Å². The summed E-state index contributed by atoms with van der Waals surface area (Å²) in [4.78, 5) is 11.7. The molecule has 0 aliphatic carbocycles. The van der Waals surface area contributed by atoms with E-state index in [9.17, 15) is 4.79 Å². The lowest BCUT2D eigenvalue weighted by atomic mass is 10.2. The van der Waals surface area contributed by atoms with Crippen molar-refractivity contribution < 1.29 is 13.9 Å². The largest absolute Gasteiger partial charge is 0.484 e. The van der Waals surface area contributed by atoms with Gasteiger partial charge in [-0.15, -0.1) is 0 Å². The number of nitrogens with one attached hydrogen (secondary N) is 1. The Morgan fingerprint density at radius 2 is 1.85 bits per heavy atom. The number of carbonyl (C=O) groups is 1. The van der Waals surface area contributed by atoms with Crippen molar-refractivity contribution in [1.29, 1.82) is 0 Å². The zero-order valence-electron chi connectivity index (χ0n) is 13.5. The molecule has 7 heteroatoms. The van der Waals surface area contributed by atoms with Crippen molar-refractivity contribution in [2.24, 2.45) is 5.10 Å². The fourth-order valence-electron chi connectivity index (χ4n) is 2.07. The van der Waals surface area contributed by atoms with Crippen LogP contribution < -0.4 is 10.2 Å². The average Bonchev–Trinajstić information content (AvgIpc) is 3.11. The van der Waals surface area contributed by atoms with E-state index in [-0.39, 0.29) is 12.5 Å². The second kappa shape index (κ2) is 8.86. The molecule has 0 aliphatic rings. The third kappa shape index (κ3) is 5.34. The smallest absolute Gasteiger partial charge is 0.277 e. The molecule has 132 valence electrons. The SMILES string of the molecule is O=C(COc1ccc(Cl)cc1)NN=Cc1ccc(-c2ccc(I)cc2)o1. The van der Waals surface area contributed by atoms with E-state index in [1.165, 1.54) is 6.21 Å². The summed E-state index contributed by atoms with van der Waals surface area (Å²) < 4.78 is 12.2. The zero-order chi connectivity index (χ0) is 18.4. The van der Waals surface area contributed by atoms with Crippen LogP contribution in [0.5, 0.6) is 5.75 Å². The molecule has 1 aromatic heterocycles. The molecule has 1 amide bonds. The summed E-state index contributed by atoms with van der Waals surface area (Å²) >= 11 is 8.03. The van der Waals surface area contributed by atoms with Gasteiger partial charge in [0, 0.05) is 14.2 Å². The molecule has 26 heavy (non-hydrogen) atoms. The van der Waals surface area contributed by atoms with Crippen LogP contribution in [-0.4, -0.2) is 18.7 Å². The third-order valence-electron chi connectivity index (χ3n) is 3.32. The lowest BCUT2D eigenvalue weighted by Crippen LogP contribution is -2.24. The standard InChI is InChI=1S/C19H14ClIN2O3/c20-14-3-7-16(8-4-14)25-12-19(24)23-22-11-17-9-10-18(26-17)13-1-5-15(21)6-2-13/h1-11H,12H2,(H,23,24). The lowest BCUT2D eigenvalue weighted by Gasteiger charge is -2.04. The molecule has 0 radical (unpaired) electrons. The average molecular weight is 481 g/mol. The van der Waals surface area contributed by atoms with Crippen LogP contribution in [0.1, 0.15) is 5.76 Å². The molecular weight excluding hydrogens is 467 g/mol. The number of rotatable bonds is 6. The van der Waals surface area contributed by atoms with E-state index < -0.39 is 0 Å². The number of ether oxygens (including phenoxy) is 1. The summed E-state index contributed by atoms with van der Waals surface area (Å²) in [5.41, 5.74) is 3.37. The van der Waals surface area contributed by atoms with E-state index in [1.54, 1.807) is 30.3 Å². The van der Waals surface area contributed by atoms with Gasteiger partial charge in [-0.25, -0.2) is 5.43 Å². The summed E-state index contributed by atoms with van der Waals surface area (Å²) in [6, 6.07) is 18.4. The zero-order valence-corrected chi connectivity index (χ0v) is 16.4. The molecule has 0 atom stereocenters. The highest BCUT2D eigenvalue weighted by Gasteiger charge is 2.04. The first kappa shape index (κ1) is 18.5. The highest BCUT2D eigenvalue weighted by Crippen LogP contribution is 2.22. The van der Waals surface area contributed by atoms with Crippen LogP contribution in [0.15, 0.2) is 70.2 Å². The van der Waals surface area contributed by atoms with Gasteiger partial charge in [0.15, 0.2) is 6.61 Å². The number of halogens is 2. The summed E-state index contributed by atoms with van der Waals surface area (Å²) in [5.74, 6) is 1.46. The van der Waals surface area contributed by atoms with Crippen molar-refractivity contribution >= 4 is 46.3 Å². The molecule has 5 nitrogen and oxygen atoms in total. The van der Waals surface area contributed by atoms with Crippen LogP contribution in [-0.2, 0) is 4.79 Å². The minimum absolute atomic E-state index is 0.148. The highest BCUT2D eigenvalue weighted by molar-refractivity contribution is 14.1. The van der Waals surface area contributed by atoms with Gasteiger partial charge in [-0.05, 0) is 71.1 Å². The molecule has 0 saturated carbocycles. The predicted octanol–water partition coefficient (Wildman–Crippen LogP) is 4.73. The second-order valence-electron chi connectivity index (χ2n) is 5.24. The highest BCUT2D eigenvalue weighted by atomic mass is 127. The molecule has 3 aromatic rings. The number of carbonyl (C=O) groups excluding carboxylic acids is 1. The molecule has 0 fully saturated rings. The normalized spacial score (nSPS) is 10.8. The Morgan fingerprint density at radius 1 is 1.12 bits per heavy atom. The number of amides is 1. The van der Waals surface area contributed by atoms with E-state index in [2.05, 4.69) is 33.1 Å². The summed E-state index contributed by atoms with van der Waals surface area (Å²) in [7, 11) is 0. The quantitative estimate of drug-likeness (QED) is 0.315. The van der Waals surface area contributed by atoms with Gasteiger partial charge in [-0.2, -0.15) is 5.10 Å². The van der Waals surface area contributed by atoms with Crippen LogP contribution in [0, 0.1) is 3.57 Å². The Morgan fingerprint density at radius 3 is 2.58 bits per heavy atom. The van der Waals surface area contributed by atoms with Gasteiger partial charge in [-0.1, -0.05) is 23.7 Å². The van der Waals surface area contributed by atoms with Crippen molar-refractivity contribution in [1.82, 2.24) is 5.43 Å². The van der Waals surface area contributed by atoms with E-state index in [4.69, 9.17) is 20.8 Å². The van der Waals surface area contributed by atoms with Crippen LogP contribution in [0.3, 0.4) is 0 Å². The Hall–Kier alpha value is -2.32. The topological polar surface area (TPSA) is 63.8 Å². The van der Waals surface area contributed by atoms with Crippen molar-refractivity contribution in [3.05, 3.63) is 75.0 Å². The molecule has 3 rings (SSSR count). The fraction of sp³-hybridized carbons (Fsp3) is 0.0526. The van der Waals surface area contributed by atoms with Gasteiger partial charge in [0.1, 0.15) is 17.3 Å². The summed E-state index contributed by atoms with van der Waals surface area (Å²) in [6.45, 7) is -0.148. The molecule has 0 bridgehead atoms. The minimum Gasteiger partial charge on any atom is -0.484 e. The Kier molecular flexibility index (Phi) is 6.30. The molecule has 1 N–H and O–H groups in total. The van der Waals surface area contributed by atoms with Gasteiger partial charge in [-0.3, -0.25) is 4.79 Å². The predicted molar refractivity (Wildman–Crippen MR) is 110 cm³/mol. The molecule has 1 heterocycles. The van der Waals surface area contributed by atoms with E-state index in [1.807, 2.05) is 30.3 Å². The van der Waals surface area contributed by atoms with Crippen LogP contribution in [0.2, 0.25) is 5.02 Å². The molecular formula is C19H14ClIN2O3. The molecule has 0 saturated heterocycles. The van der Waals surface area contributed by atoms with Crippen LogP contribution >= 0.6 is 34.2 Å². The molecule has 0 aliphatic heterocycles. The molecule has 2 aromatic carbocycles. The Balaban J connectivity index is 1.49. The number of hydrazone groups is 1. The summed E-state index contributed by atoms with van der Waals surface area (Å²) in [5, 5.41) is 4.47. The fourth-order valence-corrected chi connectivity index (χ4v) is 2.56. The van der Waals surface area contributed by atoms with E-state index in [0.717, 1.165) is 14.9 Å². The Labute approximate surface area is 169 Å². The monoisotopic (exact) mass is 480 g/mol. The third-order valence-corrected chi connectivity index (χ3v) is 4.29. The molecule has 0 spiro atoms. The Bertz CT molecular complexity index is 905. The van der Waals surface area contributed by atoms with Gasteiger partial charge >= 0.3 is 0 Å². The number of nitrogens with zero attached hydrogens (tertiary/aromatic N) is 1. The maximum absolute atomic E-state index is 11.7. The summed E-state index contributed by atoms with van der Waals surface area (Å²) in [6.07, 6.45) is 1.44. The van der Waals surface area contributed by atoms with Gasteiger partial charge in [0.2, 0.25) is 0 Å². The number of furan rings is 1. The van der Waals surface area contributed by atoms with Gasteiger partial charge in [0.25, 0.3) is 5.91 Å². The van der Waals surface area contributed by atoms with Crippen LogP contribution in [0.4, 0.5) is 0 Å². The van der Waals surface area contributed by atoms with E-state index in [0.29, 0.717) is 16.5 Å². The number of hydrogen-bond donors (Lipinski definition) is 1. The first-order valence-electron chi connectivity index (χ1n) is 7.66. The van der Waals surface area contributed by atoms with E-state index >= 15 is 0 Å². The second-order valence-corrected chi connectivity index (χ2v) is 6.93. The molecule has 0 unspecified atom stereocenters. The maximum Gasteiger partial charge on any atom is 0.277 e. The van der Waals surface area contributed by atoms with Crippen molar-refractivity contribution in [3.8, 4) is 17.1 Å². The van der Waals surface area contributed by atoms with Crippen molar-refractivity contribution in [2.45, 2.75) is 0 Å². The maximum atomic E-state index is 11.7. The number of benzene rings is 2. The first-order chi connectivity index (χ1) is 12.6. The lowest BCUT2D eigenvalue weighted by molar-refractivity contribution is -0.123. The van der Waals surface area contributed by atoms with Crippen molar-refractivity contribution in [2.75, 3.05) is 6.61 Å². The first-order valence-corrected chi connectivity index (χ1v) is 9.12. The van der Waals surface area contributed by atoms with Crippen LogP contribution in [0.25, 0.3) is 11.3 Å². The number of hydrogen-bond acceptors (Lipinski definition) is 4. The van der Waals surface area contributed by atoms with Gasteiger partial charge in [0.05, 0.1) is 6.21 Å². The minimum atomic E-state index is -0.374.